The van der Waals surface area contributed by atoms with Crippen LogP contribution in [0.3, 0.4) is 0 Å². The fraction of sp³-hybridized carbons (Fsp3) is 0.207. The molecule has 9 nitrogen and oxygen atoms in total. The molecule has 0 bridgehead atoms. The summed E-state index contributed by atoms with van der Waals surface area (Å²) in [5.41, 5.74) is 4.08. The number of benzene rings is 3. The van der Waals surface area contributed by atoms with Crippen molar-refractivity contribution in [3.8, 4) is 17.2 Å². The number of ether oxygens (including phenoxy) is 3. The third-order valence-electron chi connectivity index (χ3n) is 5.81. The highest BCUT2D eigenvalue weighted by Crippen LogP contribution is 2.28. The molecular formula is C29H28ClN3O6. The van der Waals surface area contributed by atoms with Crippen molar-refractivity contribution in [3.63, 3.8) is 0 Å². The summed E-state index contributed by atoms with van der Waals surface area (Å²) >= 11 is 6.14. The Morgan fingerprint density at radius 2 is 1.69 bits per heavy atom. The monoisotopic (exact) mass is 549 g/mol. The van der Waals surface area contributed by atoms with E-state index in [2.05, 4.69) is 15.8 Å². The maximum Gasteiger partial charge on any atom is 0.272 e. The van der Waals surface area contributed by atoms with Crippen molar-refractivity contribution in [1.82, 2.24) is 10.7 Å². The van der Waals surface area contributed by atoms with Gasteiger partial charge in [-0.1, -0.05) is 41.9 Å². The Morgan fingerprint density at radius 3 is 2.44 bits per heavy atom. The van der Waals surface area contributed by atoms with Gasteiger partial charge in [0.2, 0.25) is 5.55 Å². The van der Waals surface area contributed by atoms with Crippen molar-refractivity contribution >= 4 is 34.4 Å². The predicted molar refractivity (Wildman–Crippen MR) is 147 cm³/mol. The van der Waals surface area contributed by atoms with Crippen LogP contribution < -0.4 is 30.5 Å². The fourth-order valence-corrected chi connectivity index (χ4v) is 4.12. The number of fused-ring (bicyclic) bond motifs is 1. The SMILES string of the molecule is CCOc1cccc2cc(C(=O)NCCc3ccc(OC)c(OC)c3)c(=NNC(=O)c3ccccc3Cl)oc12. The number of nitrogens with zero attached hydrogens (tertiary/aromatic N) is 1. The molecule has 0 fully saturated rings. The van der Waals surface area contributed by atoms with Crippen molar-refractivity contribution in [3.05, 3.63) is 94.0 Å². The van der Waals surface area contributed by atoms with E-state index in [-0.39, 0.29) is 21.7 Å². The molecular weight excluding hydrogens is 522 g/mol. The van der Waals surface area contributed by atoms with Crippen molar-refractivity contribution < 1.29 is 28.2 Å². The summed E-state index contributed by atoms with van der Waals surface area (Å²) in [5, 5.41) is 7.93. The van der Waals surface area contributed by atoms with Gasteiger partial charge in [0.15, 0.2) is 22.8 Å². The second kappa shape index (κ2) is 12.8. The molecule has 0 saturated carbocycles. The highest BCUT2D eigenvalue weighted by atomic mass is 35.5. The molecule has 0 aliphatic heterocycles. The summed E-state index contributed by atoms with van der Waals surface area (Å²) in [6.45, 7) is 2.60. The summed E-state index contributed by atoms with van der Waals surface area (Å²) in [5.74, 6) is 0.751. The van der Waals surface area contributed by atoms with Gasteiger partial charge in [0.1, 0.15) is 5.56 Å². The molecule has 2 N–H and O–H groups in total. The molecule has 0 unspecified atom stereocenters. The molecule has 3 aromatic carbocycles. The van der Waals surface area contributed by atoms with Crippen LogP contribution in [-0.2, 0) is 6.42 Å². The lowest BCUT2D eigenvalue weighted by Gasteiger charge is -2.11. The number of hydrogen-bond acceptors (Lipinski definition) is 7. The molecule has 0 saturated heterocycles. The molecule has 4 aromatic rings. The third-order valence-corrected chi connectivity index (χ3v) is 6.14. The molecule has 0 atom stereocenters. The lowest BCUT2D eigenvalue weighted by Crippen LogP contribution is -2.32. The van der Waals surface area contributed by atoms with Crippen molar-refractivity contribution in [2.75, 3.05) is 27.4 Å². The number of methoxy groups -OCH3 is 2. The number of carbonyl (C=O) groups is 2. The molecule has 0 aliphatic carbocycles. The number of hydrogen-bond donors (Lipinski definition) is 2. The second-order valence-corrected chi connectivity index (χ2v) is 8.71. The minimum Gasteiger partial charge on any atom is -0.493 e. The Balaban J connectivity index is 1.62. The Kier molecular flexibility index (Phi) is 9.06. The summed E-state index contributed by atoms with van der Waals surface area (Å²) in [7, 11) is 3.14. The van der Waals surface area contributed by atoms with Crippen LogP contribution in [0.2, 0.25) is 5.02 Å². The van der Waals surface area contributed by atoms with E-state index >= 15 is 0 Å². The van der Waals surface area contributed by atoms with E-state index in [4.69, 9.17) is 30.2 Å². The van der Waals surface area contributed by atoms with Gasteiger partial charge < -0.3 is 23.9 Å². The standard InChI is InChI=1S/C29H28ClN3O6/c1-4-38-24-11-7-8-19-17-21(27(34)31-15-14-18-12-13-23(36-2)25(16-18)37-3)29(39-26(19)24)33-32-28(35)20-9-5-6-10-22(20)30/h5-13,16-17H,4,14-15H2,1-3H3,(H,31,34)(H,32,35). The lowest BCUT2D eigenvalue weighted by molar-refractivity contribution is 0.0934. The lowest BCUT2D eigenvalue weighted by atomic mass is 10.1. The second-order valence-electron chi connectivity index (χ2n) is 8.30. The molecule has 0 aliphatic rings. The van der Waals surface area contributed by atoms with Crippen LogP contribution in [0.1, 0.15) is 33.2 Å². The zero-order valence-electron chi connectivity index (χ0n) is 21.7. The first-order valence-corrected chi connectivity index (χ1v) is 12.6. The zero-order valence-corrected chi connectivity index (χ0v) is 22.5. The van der Waals surface area contributed by atoms with E-state index in [9.17, 15) is 9.59 Å². The number of para-hydroxylation sites is 1. The molecule has 4 rings (SSSR count). The summed E-state index contributed by atoms with van der Waals surface area (Å²) in [4.78, 5) is 26.0. The van der Waals surface area contributed by atoms with Gasteiger partial charge in [-0.2, -0.15) is 0 Å². The minimum atomic E-state index is -0.547. The number of amides is 2. The minimum absolute atomic E-state index is 0.0846. The predicted octanol–water partition coefficient (Wildman–Crippen LogP) is 4.72. The first-order chi connectivity index (χ1) is 18.9. The van der Waals surface area contributed by atoms with E-state index in [1.54, 1.807) is 62.8 Å². The van der Waals surface area contributed by atoms with Crippen LogP contribution in [0.25, 0.3) is 11.0 Å². The van der Waals surface area contributed by atoms with Gasteiger partial charge >= 0.3 is 0 Å². The number of carbonyl (C=O) groups excluding carboxylic acids is 2. The molecule has 202 valence electrons. The van der Waals surface area contributed by atoms with Crippen LogP contribution in [0.15, 0.2) is 76.2 Å². The smallest absolute Gasteiger partial charge is 0.272 e. The normalized spacial score (nSPS) is 11.2. The Morgan fingerprint density at radius 1 is 0.897 bits per heavy atom. The Bertz CT molecular complexity index is 1570. The number of nitrogens with one attached hydrogen (secondary N) is 2. The van der Waals surface area contributed by atoms with Crippen LogP contribution in [0.4, 0.5) is 0 Å². The topological polar surface area (TPSA) is 111 Å². The van der Waals surface area contributed by atoms with Gasteiger partial charge in [-0.25, -0.2) is 5.43 Å². The molecule has 10 heteroatoms. The fourth-order valence-electron chi connectivity index (χ4n) is 3.90. The first-order valence-electron chi connectivity index (χ1n) is 12.2. The van der Waals surface area contributed by atoms with Crippen molar-refractivity contribution in [2.24, 2.45) is 5.10 Å². The van der Waals surface area contributed by atoms with Crippen LogP contribution >= 0.6 is 11.6 Å². The molecule has 1 aromatic heterocycles. The van der Waals surface area contributed by atoms with Crippen molar-refractivity contribution in [2.45, 2.75) is 13.3 Å². The van der Waals surface area contributed by atoms with Gasteiger partial charge in [0.05, 0.1) is 31.4 Å². The average molecular weight is 550 g/mol. The Labute approximate surface area is 230 Å². The first kappa shape index (κ1) is 27.5. The number of halogens is 1. The third kappa shape index (κ3) is 6.50. The highest BCUT2D eigenvalue weighted by molar-refractivity contribution is 6.33. The van der Waals surface area contributed by atoms with E-state index in [1.807, 2.05) is 25.1 Å². The molecule has 0 spiro atoms. The largest absolute Gasteiger partial charge is 0.493 e. The maximum absolute atomic E-state index is 13.3. The Hall–Kier alpha value is -4.50. The summed E-state index contributed by atoms with van der Waals surface area (Å²) in [6.07, 6.45) is 0.543. The molecule has 1 heterocycles. The molecule has 2 amide bonds. The molecule has 39 heavy (non-hydrogen) atoms. The quantitative estimate of drug-likeness (QED) is 0.277. The van der Waals surface area contributed by atoms with Crippen LogP contribution in [-0.4, -0.2) is 39.2 Å². The average Bonchev–Trinajstić information content (AvgIpc) is 2.95. The van der Waals surface area contributed by atoms with Crippen molar-refractivity contribution in [1.29, 1.82) is 0 Å². The van der Waals surface area contributed by atoms with Gasteiger partial charge in [0.25, 0.3) is 11.8 Å². The maximum atomic E-state index is 13.3. The van der Waals surface area contributed by atoms with E-state index in [1.165, 1.54) is 0 Å². The van der Waals surface area contributed by atoms with Gasteiger partial charge in [-0.3, -0.25) is 9.59 Å². The summed E-state index contributed by atoms with van der Waals surface area (Å²) < 4.78 is 22.3. The van der Waals surface area contributed by atoms with Gasteiger partial charge in [-0.05, 0) is 55.3 Å². The van der Waals surface area contributed by atoms with E-state index in [0.717, 1.165) is 5.56 Å². The van der Waals surface area contributed by atoms with E-state index < -0.39 is 11.8 Å². The number of rotatable bonds is 10. The van der Waals surface area contributed by atoms with E-state index in [0.29, 0.717) is 47.8 Å². The highest BCUT2D eigenvalue weighted by Gasteiger charge is 2.16. The van der Waals surface area contributed by atoms with Gasteiger partial charge in [0, 0.05) is 11.9 Å². The zero-order chi connectivity index (χ0) is 27.8. The molecule has 0 radical (unpaired) electrons. The van der Waals surface area contributed by atoms with Crippen LogP contribution in [0, 0.1) is 0 Å². The van der Waals surface area contributed by atoms with Gasteiger partial charge in [-0.15, -0.1) is 5.10 Å². The summed E-state index contributed by atoms with van der Waals surface area (Å²) in [6, 6.07) is 19.1. The van der Waals surface area contributed by atoms with Crippen LogP contribution in [0.5, 0.6) is 17.2 Å².